The Labute approximate surface area is 152 Å². The van der Waals surface area contributed by atoms with Gasteiger partial charge in [-0.05, 0) is 34.2 Å². The van der Waals surface area contributed by atoms with E-state index in [4.69, 9.17) is 5.14 Å². The van der Waals surface area contributed by atoms with Crippen LogP contribution in [0.15, 0.2) is 90.1 Å². The molecule has 0 radical (unpaired) electrons. The number of aromatic nitrogens is 1. The van der Waals surface area contributed by atoms with Crippen LogP contribution in [0, 0.1) is 0 Å². The van der Waals surface area contributed by atoms with Gasteiger partial charge in [0.05, 0.1) is 4.90 Å². The first-order valence-electron chi connectivity index (χ1n) is 8.09. The summed E-state index contributed by atoms with van der Waals surface area (Å²) in [6.07, 6.45) is 3.73. The zero-order valence-corrected chi connectivity index (χ0v) is 14.6. The maximum atomic E-state index is 11.4. The Balaban J connectivity index is 1.71. The van der Waals surface area contributed by atoms with Crippen LogP contribution in [0.4, 0.5) is 0 Å². The Morgan fingerprint density at radius 2 is 1.27 bits per heavy atom. The Kier molecular flexibility index (Phi) is 4.03. The number of nitrogens with two attached hydrogens (primary N) is 1. The van der Waals surface area contributed by atoms with Crippen molar-refractivity contribution >= 4 is 20.8 Å². The van der Waals surface area contributed by atoms with Crippen LogP contribution in [0.3, 0.4) is 0 Å². The molecule has 0 saturated heterocycles. The highest BCUT2D eigenvalue weighted by molar-refractivity contribution is 7.89. The number of fused-ring (bicyclic) bond motifs is 1. The van der Waals surface area contributed by atoms with Crippen LogP contribution < -0.4 is 5.14 Å². The van der Waals surface area contributed by atoms with E-state index in [0.29, 0.717) is 0 Å². The molecule has 4 aromatic rings. The Morgan fingerprint density at radius 1 is 0.692 bits per heavy atom. The molecule has 0 atom stereocenters. The summed E-state index contributed by atoms with van der Waals surface area (Å²) in [6.45, 7) is 0. The maximum Gasteiger partial charge on any atom is 0.238 e. The molecule has 0 saturated carbocycles. The summed E-state index contributed by atoms with van der Waals surface area (Å²) in [7, 11) is -3.67. The number of rotatable bonds is 3. The van der Waals surface area contributed by atoms with Gasteiger partial charge in [0.1, 0.15) is 0 Å². The smallest absolute Gasteiger partial charge is 0.238 e. The highest BCUT2D eigenvalue weighted by atomic mass is 32.2. The standard InChI is InChI=1S/C21H16N2O2S/c22-26(24,25)19-11-9-16(10-12-19)15-5-7-17(8-6-15)21-14-23-13-18-3-1-2-4-20(18)21/h1-14H,(H2,22,24,25). The molecule has 0 bridgehead atoms. The molecular formula is C21H16N2O2S. The van der Waals surface area contributed by atoms with Crippen LogP contribution in [0.25, 0.3) is 33.0 Å². The van der Waals surface area contributed by atoms with E-state index in [2.05, 4.69) is 11.1 Å². The molecule has 1 heterocycles. The highest BCUT2D eigenvalue weighted by Crippen LogP contribution is 2.29. The van der Waals surface area contributed by atoms with Crippen molar-refractivity contribution in [2.75, 3.05) is 0 Å². The lowest BCUT2D eigenvalue weighted by atomic mass is 9.98. The van der Waals surface area contributed by atoms with Crippen LogP contribution in [0.2, 0.25) is 0 Å². The van der Waals surface area contributed by atoms with Crippen LogP contribution in [-0.2, 0) is 10.0 Å². The zero-order valence-electron chi connectivity index (χ0n) is 13.8. The summed E-state index contributed by atoms with van der Waals surface area (Å²) in [4.78, 5) is 4.44. The highest BCUT2D eigenvalue weighted by Gasteiger charge is 2.08. The molecule has 0 fully saturated rings. The first-order chi connectivity index (χ1) is 12.5. The van der Waals surface area contributed by atoms with E-state index >= 15 is 0 Å². The van der Waals surface area contributed by atoms with Crippen LogP contribution >= 0.6 is 0 Å². The van der Waals surface area contributed by atoms with Gasteiger partial charge in [0.2, 0.25) is 10.0 Å². The minimum Gasteiger partial charge on any atom is -0.263 e. The third-order valence-electron chi connectivity index (χ3n) is 4.38. The molecule has 4 rings (SSSR count). The second-order valence-electron chi connectivity index (χ2n) is 6.05. The van der Waals surface area contributed by atoms with Gasteiger partial charge in [-0.3, -0.25) is 4.98 Å². The molecule has 1 aromatic heterocycles. The topological polar surface area (TPSA) is 73.1 Å². The number of pyridine rings is 1. The van der Waals surface area contributed by atoms with Crippen molar-refractivity contribution < 1.29 is 8.42 Å². The van der Waals surface area contributed by atoms with Crippen LogP contribution in [0.1, 0.15) is 0 Å². The lowest BCUT2D eigenvalue weighted by molar-refractivity contribution is 0.598. The van der Waals surface area contributed by atoms with E-state index < -0.39 is 10.0 Å². The summed E-state index contributed by atoms with van der Waals surface area (Å²) in [6, 6.07) is 22.8. The second kappa shape index (κ2) is 6.37. The molecule has 26 heavy (non-hydrogen) atoms. The Bertz CT molecular complexity index is 1180. The van der Waals surface area contributed by atoms with Gasteiger partial charge in [0, 0.05) is 23.3 Å². The lowest BCUT2D eigenvalue weighted by Gasteiger charge is -2.08. The van der Waals surface area contributed by atoms with E-state index in [-0.39, 0.29) is 4.90 Å². The van der Waals surface area contributed by atoms with E-state index in [0.717, 1.165) is 33.0 Å². The number of primary sulfonamides is 1. The summed E-state index contributed by atoms with van der Waals surface area (Å²) in [5, 5.41) is 7.41. The van der Waals surface area contributed by atoms with Gasteiger partial charge < -0.3 is 0 Å². The number of sulfonamides is 1. The fraction of sp³-hybridized carbons (Fsp3) is 0. The Hall–Kier alpha value is -3.02. The summed E-state index contributed by atoms with van der Waals surface area (Å²) in [5.41, 5.74) is 4.10. The molecule has 0 amide bonds. The quantitative estimate of drug-likeness (QED) is 0.594. The van der Waals surface area contributed by atoms with Crippen molar-refractivity contribution in [3.63, 3.8) is 0 Å². The molecule has 0 aliphatic rings. The molecule has 2 N–H and O–H groups in total. The van der Waals surface area contributed by atoms with Gasteiger partial charge in [-0.25, -0.2) is 13.6 Å². The molecule has 0 aliphatic carbocycles. The zero-order chi connectivity index (χ0) is 18.1. The average Bonchev–Trinajstić information content (AvgIpc) is 2.67. The van der Waals surface area contributed by atoms with Crippen molar-refractivity contribution in [1.29, 1.82) is 0 Å². The monoisotopic (exact) mass is 360 g/mol. The molecular weight excluding hydrogens is 344 g/mol. The van der Waals surface area contributed by atoms with Crippen LogP contribution in [0.5, 0.6) is 0 Å². The largest absolute Gasteiger partial charge is 0.263 e. The summed E-state index contributed by atoms with van der Waals surface area (Å²) >= 11 is 0. The molecule has 3 aromatic carbocycles. The lowest BCUT2D eigenvalue weighted by Crippen LogP contribution is -2.11. The van der Waals surface area contributed by atoms with Gasteiger partial charge in [-0.15, -0.1) is 0 Å². The van der Waals surface area contributed by atoms with Crippen molar-refractivity contribution in [1.82, 2.24) is 4.98 Å². The number of hydrogen-bond donors (Lipinski definition) is 1. The fourth-order valence-corrected chi connectivity index (χ4v) is 3.54. The van der Waals surface area contributed by atoms with E-state index in [1.54, 1.807) is 12.1 Å². The van der Waals surface area contributed by atoms with Gasteiger partial charge in [-0.1, -0.05) is 60.7 Å². The van der Waals surface area contributed by atoms with Gasteiger partial charge in [0.15, 0.2) is 0 Å². The van der Waals surface area contributed by atoms with Crippen molar-refractivity contribution in [3.8, 4) is 22.3 Å². The molecule has 5 heteroatoms. The minimum absolute atomic E-state index is 0.111. The third kappa shape index (κ3) is 3.10. The van der Waals surface area contributed by atoms with Gasteiger partial charge in [-0.2, -0.15) is 0 Å². The number of benzene rings is 3. The predicted molar refractivity (Wildman–Crippen MR) is 104 cm³/mol. The van der Waals surface area contributed by atoms with E-state index in [9.17, 15) is 8.42 Å². The van der Waals surface area contributed by atoms with Gasteiger partial charge >= 0.3 is 0 Å². The molecule has 4 nitrogen and oxygen atoms in total. The molecule has 0 spiro atoms. The average molecular weight is 360 g/mol. The third-order valence-corrected chi connectivity index (χ3v) is 5.31. The Morgan fingerprint density at radius 3 is 1.92 bits per heavy atom. The SMILES string of the molecule is NS(=O)(=O)c1ccc(-c2ccc(-c3cncc4ccccc34)cc2)cc1. The maximum absolute atomic E-state index is 11.4. The van der Waals surface area contributed by atoms with Crippen molar-refractivity contribution in [2.24, 2.45) is 5.14 Å². The number of nitrogens with zero attached hydrogens (tertiary/aromatic N) is 1. The fourth-order valence-electron chi connectivity index (χ4n) is 3.03. The van der Waals surface area contributed by atoms with Crippen LogP contribution in [-0.4, -0.2) is 13.4 Å². The molecule has 0 unspecified atom stereocenters. The summed E-state index contributed by atoms with van der Waals surface area (Å²) < 4.78 is 22.7. The van der Waals surface area contributed by atoms with E-state index in [1.165, 1.54) is 12.1 Å². The molecule has 128 valence electrons. The molecule has 0 aliphatic heterocycles. The van der Waals surface area contributed by atoms with Crippen molar-refractivity contribution in [2.45, 2.75) is 4.90 Å². The van der Waals surface area contributed by atoms with Crippen molar-refractivity contribution in [3.05, 3.63) is 85.2 Å². The normalized spacial score (nSPS) is 11.6. The second-order valence-corrected chi connectivity index (χ2v) is 7.62. The first-order valence-corrected chi connectivity index (χ1v) is 9.63. The first kappa shape index (κ1) is 16.4. The summed E-state index contributed by atoms with van der Waals surface area (Å²) in [5.74, 6) is 0. The number of hydrogen-bond acceptors (Lipinski definition) is 3. The predicted octanol–water partition coefficient (Wildman–Crippen LogP) is 4.22. The minimum atomic E-state index is -3.67. The van der Waals surface area contributed by atoms with Gasteiger partial charge in [0.25, 0.3) is 0 Å². The van der Waals surface area contributed by atoms with E-state index in [1.807, 2.05) is 54.9 Å².